The zero-order chi connectivity index (χ0) is 15.2. The first-order chi connectivity index (χ1) is 10.2. The molecule has 0 aliphatic rings. The van der Waals surface area contributed by atoms with E-state index < -0.39 is 5.97 Å². The van der Waals surface area contributed by atoms with E-state index >= 15 is 0 Å². The Morgan fingerprint density at radius 1 is 1.10 bits per heavy atom. The number of hydrogen-bond acceptors (Lipinski definition) is 5. The van der Waals surface area contributed by atoms with E-state index in [9.17, 15) is 4.79 Å². The molecule has 2 N–H and O–H groups in total. The molecule has 5 heteroatoms. The summed E-state index contributed by atoms with van der Waals surface area (Å²) in [7, 11) is 2.77. The van der Waals surface area contributed by atoms with E-state index in [1.807, 2.05) is 30.3 Å². The summed E-state index contributed by atoms with van der Waals surface area (Å²) in [6.45, 7) is 0.383. The van der Waals surface area contributed by atoms with Crippen LogP contribution in [0.15, 0.2) is 42.5 Å². The fourth-order valence-electron chi connectivity index (χ4n) is 1.93. The van der Waals surface area contributed by atoms with Gasteiger partial charge in [-0.05, 0) is 17.7 Å². The third-order valence-corrected chi connectivity index (χ3v) is 3.01. The predicted octanol–water partition coefficient (Wildman–Crippen LogP) is 2.64. The van der Waals surface area contributed by atoms with Crippen LogP contribution in [0.2, 0.25) is 0 Å². The number of benzene rings is 2. The van der Waals surface area contributed by atoms with E-state index in [0.29, 0.717) is 18.1 Å². The zero-order valence-corrected chi connectivity index (χ0v) is 12.0. The number of carbonyl (C=O) groups is 1. The summed E-state index contributed by atoms with van der Waals surface area (Å²) in [5, 5.41) is 0. The summed E-state index contributed by atoms with van der Waals surface area (Å²) in [6.07, 6.45) is 0. The van der Waals surface area contributed by atoms with Crippen LogP contribution in [0.1, 0.15) is 15.9 Å². The molecule has 0 aromatic heterocycles. The second-order valence-electron chi connectivity index (χ2n) is 4.32. The number of rotatable bonds is 5. The lowest BCUT2D eigenvalue weighted by atomic mass is 10.1. The van der Waals surface area contributed by atoms with Gasteiger partial charge >= 0.3 is 5.97 Å². The Hall–Kier alpha value is -2.69. The Balaban J connectivity index is 2.24. The molecule has 0 unspecified atom stereocenters. The standard InChI is InChI=1S/C16H17NO4/c1-19-15-13(21-10-11-6-4-3-5-7-11)9-8-12(14(15)17)16(18)20-2/h3-9H,10,17H2,1-2H3. The van der Waals surface area contributed by atoms with Gasteiger partial charge in [-0.15, -0.1) is 0 Å². The van der Waals surface area contributed by atoms with E-state index in [1.54, 1.807) is 12.1 Å². The maximum Gasteiger partial charge on any atom is 0.340 e. The largest absolute Gasteiger partial charge is 0.491 e. The Bertz CT molecular complexity index is 626. The Labute approximate surface area is 123 Å². The van der Waals surface area contributed by atoms with Crippen LogP contribution < -0.4 is 15.2 Å². The highest BCUT2D eigenvalue weighted by atomic mass is 16.5. The molecule has 0 amide bonds. The molecule has 0 aliphatic heterocycles. The van der Waals surface area contributed by atoms with Gasteiger partial charge in [-0.2, -0.15) is 0 Å². The SMILES string of the molecule is COC(=O)c1ccc(OCc2ccccc2)c(OC)c1N. The fraction of sp³-hybridized carbons (Fsp3) is 0.188. The van der Waals surface area contributed by atoms with Gasteiger partial charge in [0.05, 0.1) is 25.5 Å². The van der Waals surface area contributed by atoms with E-state index in [4.69, 9.17) is 15.2 Å². The van der Waals surface area contributed by atoms with Gasteiger partial charge in [0.15, 0.2) is 11.5 Å². The highest BCUT2D eigenvalue weighted by Gasteiger charge is 2.18. The van der Waals surface area contributed by atoms with Crippen molar-refractivity contribution in [2.75, 3.05) is 20.0 Å². The minimum Gasteiger partial charge on any atom is -0.491 e. The van der Waals surface area contributed by atoms with Crippen molar-refractivity contribution in [1.82, 2.24) is 0 Å². The summed E-state index contributed by atoms with van der Waals surface area (Å²) in [5.41, 5.74) is 7.41. The molecule has 0 saturated carbocycles. The molecule has 0 fully saturated rings. The molecule has 0 bridgehead atoms. The second-order valence-corrected chi connectivity index (χ2v) is 4.32. The maximum absolute atomic E-state index is 11.6. The third kappa shape index (κ3) is 3.25. The van der Waals surface area contributed by atoms with Crippen LogP contribution >= 0.6 is 0 Å². The summed E-state index contributed by atoms with van der Waals surface area (Å²) in [4.78, 5) is 11.6. The Morgan fingerprint density at radius 2 is 1.81 bits per heavy atom. The molecule has 2 rings (SSSR count). The number of methoxy groups -OCH3 is 2. The molecule has 21 heavy (non-hydrogen) atoms. The highest BCUT2D eigenvalue weighted by Crippen LogP contribution is 2.36. The van der Waals surface area contributed by atoms with Crippen LogP contribution in [0.25, 0.3) is 0 Å². The van der Waals surface area contributed by atoms with Crippen molar-refractivity contribution in [2.45, 2.75) is 6.61 Å². The van der Waals surface area contributed by atoms with Gasteiger partial charge in [0.1, 0.15) is 6.61 Å². The van der Waals surface area contributed by atoms with Gasteiger partial charge in [0, 0.05) is 0 Å². The molecule has 5 nitrogen and oxygen atoms in total. The molecule has 0 saturated heterocycles. The lowest BCUT2D eigenvalue weighted by molar-refractivity contribution is 0.0601. The molecule has 0 aliphatic carbocycles. The lowest BCUT2D eigenvalue weighted by Gasteiger charge is -2.14. The fourth-order valence-corrected chi connectivity index (χ4v) is 1.93. The minimum absolute atomic E-state index is 0.204. The van der Waals surface area contributed by atoms with E-state index in [1.165, 1.54) is 14.2 Å². The van der Waals surface area contributed by atoms with E-state index in [0.717, 1.165) is 5.56 Å². The van der Waals surface area contributed by atoms with Crippen LogP contribution in [0.5, 0.6) is 11.5 Å². The third-order valence-electron chi connectivity index (χ3n) is 3.01. The van der Waals surface area contributed by atoms with Crippen molar-refractivity contribution in [3.05, 3.63) is 53.6 Å². The average Bonchev–Trinajstić information content (AvgIpc) is 2.53. The van der Waals surface area contributed by atoms with Gasteiger partial charge in [0.2, 0.25) is 0 Å². The normalized spacial score (nSPS) is 10.0. The number of nitrogen functional groups attached to an aromatic ring is 1. The number of nitrogens with two attached hydrogens (primary N) is 1. The molecular formula is C16H17NO4. The predicted molar refractivity (Wildman–Crippen MR) is 79.5 cm³/mol. The number of ether oxygens (including phenoxy) is 3. The van der Waals surface area contributed by atoms with Crippen LogP contribution in [0, 0.1) is 0 Å². The summed E-state index contributed by atoms with van der Waals surface area (Å²) < 4.78 is 15.6. The topological polar surface area (TPSA) is 70.8 Å². The Morgan fingerprint density at radius 3 is 2.43 bits per heavy atom. The van der Waals surface area contributed by atoms with E-state index in [-0.39, 0.29) is 11.3 Å². The summed E-state index contributed by atoms with van der Waals surface area (Å²) in [5.74, 6) is 0.292. The first-order valence-corrected chi connectivity index (χ1v) is 6.39. The first-order valence-electron chi connectivity index (χ1n) is 6.39. The van der Waals surface area contributed by atoms with Crippen molar-refractivity contribution in [3.63, 3.8) is 0 Å². The monoisotopic (exact) mass is 287 g/mol. The summed E-state index contributed by atoms with van der Waals surface area (Å²) in [6, 6.07) is 12.9. The number of anilines is 1. The molecule has 0 spiro atoms. The van der Waals surface area contributed by atoms with Crippen LogP contribution in [-0.4, -0.2) is 20.2 Å². The van der Waals surface area contributed by atoms with Crippen molar-refractivity contribution < 1.29 is 19.0 Å². The molecule has 0 atom stereocenters. The van der Waals surface area contributed by atoms with Crippen molar-refractivity contribution in [3.8, 4) is 11.5 Å². The number of hydrogen-bond donors (Lipinski definition) is 1. The van der Waals surface area contributed by atoms with Crippen molar-refractivity contribution in [1.29, 1.82) is 0 Å². The molecule has 0 radical (unpaired) electrons. The number of esters is 1. The van der Waals surface area contributed by atoms with Crippen LogP contribution in [0.3, 0.4) is 0 Å². The molecule has 110 valence electrons. The van der Waals surface area contributed by atoms with Gasteiger partial charge in [-0.3, -0.25) is 0 Å². The van der Waals surface area contributed by atoms with Gasteiger partial charge in [-0.1, -0.05) is 30.3 Å². The summed E-state index contributed by atoms with van der Waals surface area (Å²) >= 11 is 0. The Kier molecular flexibility index (Phi) is 4.66. The van der Waals surface area contributed by atoms with Gasteiger partial charge in [-0.25, -0.2) is 4.79 Å². The highest BCUT2D eigenvalue weighted by molar-refractivity contribution is 5.97. The number of carbonyl (C=O) groups excluding carboxylic acids is 1. The maximum atomic E-state index is 11.6. The molecule has 0 heterocycles. The second kappa shape index (κ2) is 6.65. The molecule has 2 aromatic rings. The lowest BCUT2D eigenvalue weighted by Crippen LogP contribution is -2.08. The molecular weight excluding hydrogens is 270 g/mol. The smallest absolute Gasteiger partial charge is 0.340 e. The minimum atomic E-state index is -0.514. The van der Waals surface area contributed by atoms with Crippen molar-refractivity contribution in [2.24, 2.45) is 0 Å². The van der Waals surface area contributed by atoms with Crippen LogP contribution in [-0.2, 0) is 11.3 Å². The first kappa shape index (κ1) is 14.7. The van der Waals surface area contributed by atoms with E-state index in [2.05, 4.69) is 4.74 Å². The van der Waals surface area contributed by atoms with Crippen molar-refractivity contribution >= 4 is 11.7 Å². The van der Waals surface area contributed by atoms with Crippen LogP contribution in [0.4, 0.5) is 5.69 Å². The quantitative estimate of drug-likeness (QED) is 0.676. The van der Waals surface area contributed by atoms with Gasteiger partial charge in [0.25, 0.3) is 0 Å². The van der Waals surface area contributed by atoms with Gasteiger partial charge < -0.3 is 19.9 Å². The zero-order valence-electron chi connectivity index (χ0n) is 12.0. The molecule has 2 aromatic carbocycles. The average molecular weight is 287 g/mol.